The molecule has 1 fully saturated rings. The fourth-order valence-corrected chi connectivity index (χ4v) is 3.51. The monoisotopic (exact) mass is 421 g/mol. The first-order valence-electron chi connectivity index (χ1n) is 7.31. The van der Waals surface area contributed by atoms with E-state index in [1.54, 1.807) is 0 Å². The average Bonchev–Trinajstić information content (AvgIpc) is 3.04. The second-order valence-corrected chi connectivity index (χ2v) is 7.04. The molecule has 1 aromatic carbocycles. The number of hydrogen-bond acceptors (Lipinski definition) is 5. The molecule has 4 nitrogen and oxygen atoms in total. The molecule has 1 N–H and O–H groups in total. The Kier molecular flexibility index (Phi) is 5.31. The van der Waals surface area contributed by atoms with Crippen molar-refractivity contribution in [3.8, 4) is 0 Å². The van der Waals surface area contributed by atoms with E-state index in [1.807, 2.05) is 18.2 Å². The van der Waals surface area contributed by atoms with Crippen LogP contribution in [-0.4, -0.2) is 31.3 Å². The first-order valence-corrected chi connectivity index (χ1v) is 8.98. The van der Waals surface area contributed by atoms with E-state index in [9.17, 15) is 13.2 Å². The second kappa shape index (κ2) is 7.28. The molecule has 1 aliphatic rings. The minimum atomic E-state index is -4.41. The van der Waals surface area contributed by atoms with Crippen LogP contribution in [0.5, 0.6) is 0 Å². The first kappa shape index (κ1) is 17.5. The van der Waals surface area contributed by atoms with Gasteiger partial charge in [0, 0.05) is 35.2 Å². The number of nitrogens with one attached hydrogen (secondary N) is 1. The molecule has 130 valence electrons. The maximum Gasteiger partial charge on any atom is 0.434 e. The summed E-state index contributed by atoms with van der Waals surface area (Å²) in [5, 5.41) is 4.27. The molecule has 2 aromatic rings. The molecule has 3 rings (SSSR count). The minimum Gasteiger partial charge on any atom is -0.378 e. The van der Waals surface area contributed by atoms with Crippen LogP contribution in [0.2, 0.25) is 0 Å². The summed E-state index contributed by atoms with van der Waals surface area (Å²) in [6, 6.07) is 5.90. The van der Waals surface area contributed by atoms with Crippen LogP contribution >= 0.6 is 27.3 Å². The molecule has 0 aliphatic carbocycles. The molecule has 1 aliphatic heterocycles. The van der Waals surface area contributed by atoms with Gasteiger partial charge in [0.1, 0.15) is 0 Å². The predicted octanol–water partition coefficient (Wildman–Crippen LogP) is 4.37. The lowest BCUT2D eigenvalue weighted by molar-refractivity contribution is -0.140. The van der Waals surface area contributed by atoms with Crippen molar-refractivity contribution in [2.45, 2.75) is 12.7 Å². The molecule has 0 saturated carbocycles. The SMILES string of the molecule is FC(F)(F)c1csc(NCc2ccc(Br)cc2N2CCOCC2)n1. The Bertz CT molecular complexity index is 702. The van der Waals surface area contributed by atoms with Gasteiger partial charge in [-0.3, -0.25) is 0 Å². The van der Waals surface area contributed by atoms with Gasteiger partial charge in [0.2, 0.25) is 0 Å². The maximum absolute atomic E-state index is 12.6. The van der Waals surface area contributed by atoms with Crippen LogP contribution in [-0.2, 0) is 17.5 Å². The highest BCUT2D eigenvalue weighted by atomic mass is 79.9. The van der Waals surface area contributed by atoms with Gasteiger partial charge in [-0.05, 0) is 17.7 Å². The molecule has 1 aromatic heterocycles. The van der Waals surface area contributed by atoms with E-state index in [-0.39, 0.29) is 5.13 Å². The maximum atomic E-state index is 12.6. The Hall–Kier alpha value is -1.32. The summed E-state index contributed by atoms with van der Waals surface area (Å²) in [5.74, 6) is 0. The van der Waals surface area contributed by atoms with Crippen molar-refractivity contribution < 1.29 is 17.9 Å². The third-order valence-corrected chi connectivity index (χ3v) is 4.92. The van der Waals surface area contributed by atoms with Gasteiger partial charge in [-0.15, -0.1) is 11.3 Å². The summed E-state index contributed by atoms with van der Waals surface area (Å²) in [6.45, 7) is 3.32. The molecule has 9 heteroatoms. The molecule has 0 radical (unpaired) electrons. The molecular weight excluding hydrogens is 407 g/mol. The van der Waals surface area contributed by atoms with Crippen LogP contribution in [0.3, 0.4) is 0 Å². The highest BCUT2D eigenvalue weighted by Gasteiger charge is 2.33. The third-order valence-electron chi connectivity index (χ3n) is 3.62. The van der Waals surface area contributed by atoms with Gasteiger partial charge >= 0.3 is 6.18 Å². The van der Waals surface area contributed by atoms with Crippen LogP contribution in [0.1, 0.15) is 11.3 Å². The predicted molar refractivity (Wildman–Crippen MR) is 91.6 cm³/mol. The van der Waals surface area contributed by atoms with E-state index >= 15 is 0 Å². The number of halogens is 4. The van der Waals surface area contributed by atoms with E-state index in [1.165, 1.54) is 0 Å². The van der Waals surface area contributed by atoms with Crippen molar-refractivity contribution in [1.29, 1.82) is 0 Å². The van der Waals surface area contributed by atoms with Crippen molar-refractivity contribution in [2.75, 3.05) is 36.5 Å². The Balaban J connectivity index is 1.74. The van der Waals surface area contributed by atoms with Crippen molar-refractivity contribution in [3.63, 3.8) is 0 Å². The highest BCUT2D eigenvalue weighted by molar-refractivity contribution is 9.10. The number of nitrogens with zero attached hydrogens (tertiary/aromatic N) is 2. The zero-order valence-corrected chi connectivity index (χ0v) is 15.0. The largest absolute Gasteiger partial charge is 0.434 e. The lowest BCUT2D eigenvalue weighted by atomic mass is 10.1. The van der Waals surface area contributed by atoms with Gasteiger partial charge in [-0.25, -0.2) is 4.98 Å². The van der Waals surface area contributed by atoms with Crippen LogP contribution in [0.4, 0.5) is 24.0 Å². The third kappa shape index (κ3) is 4.20. The van der Waals surface area contributed by atoms with E-state index in [2.05, 4.69) is 31.1 Å². The number of aromatic nitrogens is 1. The summed E-state index contributed by atoms with van der Waals surface area (Å²) in [5.41, 5.74) is 1.19. The van der Waals surface area contributed by atoms with Gasteiger partial charge in [0.15, 0.2) is 10.8 Å². The summed E-state index contributed by atoms with van der Waals surface area (Å²) in [6.07, 6.45) is -4.41. The summed E-state index contributed by atoms with van der Waals surface area (Å²) in [7, 11) is 0. The molecule has 1 saturated heterocycles. The number of hydrogen-bond donors (Lipinski definition) is 1. The van der Waals surface area contributed by atoms with E-state index in [0.29, 0.717) is 19.8 Å². The van der Waals surface area contributed by atoms with Crippen molar-refractivity contribution in [3.05, 3.63) is 39.3 Å². The summed E-state index contributed by atoms with van der Waals surface area (Å²) < 4.78 is 44.2. The number of benzene rings is 1. The lowest BCUT2D eigenvalue weighted by Gasteiger charge is -2.31. The number of thiazole rings is 1. The minimum absolute atomic E-state index is 0.262. The quantitative estimate of drug-likeness (QED) is 0.794. The van der Waals surface area contributed by atoms with Gasteiger partial charge < -0.3 is 15.0 Å². The smallest absolute Gasteiger partial charge is 0.378 e. The van der Waals surface area contributed by atoms with Gasteiger partial charge in [0.25, 0.3) is 0 Å². The van der Waals surface area contributed by atoms with Crippen LogP contribution < -0.4 is 10.2 Å². The molecular formula is C15H15BrF3N3OS. The normalized spacial score (nSPS) is 15.6. The van der Waals surface area contributed by atoms with Crippen molar-refractivity contribution >= 4 is 38.1 Å². The Labute approximate surface area is 149 Å². The van der Waals surface area contributed by atoms with Crippen LogP contribution in [0.15, 0.2) is 28.1 Å². The molecule has 0 atom stereocenters. The molecule has 0 bridgehead atoms. The van der Waals surface area contributed by atoms with Gasteiger partial charge in [-0.2, -0.15) is 13.2 Å². The number of morpholine rings is 1. The molecule has 2 heterocycles. The Morgan fingerprint density at radius 2 is 2.04 bits per heavy atom. The van der Waals surface area contributed by atoms with Crippen molar-refractivity contribution in [2.24, 2.45) is 0 Å². The lowest BCUT2D eigenvalue weighted by Crippen LogP contribution is -2.36. The summed E-state index contributed by atoms with van der Waals surface area (Å²) >= 11 is 4.43. The van der Waals surface area contributed by atoms with Gasteiger partial charge in [-0.1, -0.05) is 22.0 Å². The standard InChI is InChI=1S/C15H15BrF3N3OS/c16-11-2-1-10(12(7-11)22-3-5-23-6-4-22)8-20-14-21-13(9-24-14)15(17,18)19/h1-2,7,9H,3-6,8H2,(H,20,21). The number of alkyl halides is 3. The fraction of sp³-hybridized carbons (Fsp3) is 0.400. The molecule has 0 spiro atoms. The molecule has 0 amide bonds. The van der Waals surface area contributed by atoms with Crippen LogP contribution in [0.25, 0.3) is 0 Å². The van der Waals surface area contributed by atoms with Crippen LogP contribution in [0, 0.1) is 0 Å². The molecule has 0 unspecified atom stereocenters. The average molecular weight is 422 g/mol. The Morgan fingerprint density at radius 1 is 1.29 bits per heavy atom. The Morgan fingerprint density at radius 3 is 2.71 bits per heavy atom. The van der Waals surface area contributed by atoms with E-state index < -0.39 is 11.9 Å². The number of ether oxygens (including phenoxy) is 1. The number of anilines is 2. The molecule has 24 heavy (non-hydrogen) atoms. The fourth-order valence-electron chi connectivity index (χ4n) is 2.44. The van der Waals surface area contributed by atoms with E-state index in [4.69, 9.17) is 4.74 Å². The summed E-state index contributed by atoms with van der Waals surface area (Å²) in [4.78, 5) is 5.81. The van der Waals surface area contributed by atoms with E-state index in [0.717, 1.165) is 45.5 Å². The topological polar surface area (TPSA) is 37.4 Å². The highest BCUT2D eigenvalue weighted by Crippen LogP contribution is 2.32. The first-order chi connectivity index (χ1) is 11.4. The zero-order chi connectivity index (χ0) is 17.2. The zero-order valence-electron chi connectivity index (χ0n) is 12.6. The van der Waals surface area contributed by atoms with Crippen molar-refractivity contribution in [1.82, 2.24) is 4.98 Å². The second-order valence-electron chi connectivity index (χ2n) is 5.26. The number of rotatable bonds is 4. The van der Waals surface area contributed by atoms with Gasteiger partial charge in [0.05, 0.1) is 13.2 Å².